The first-order valence-corrected chi connectivity index (χ1v) is 7.08. The van der Waals surface area contributed by atoms with E-state index in [0.29, 0.717) is 5.76 Å². The zero-order chi connectivity index (χ0) is 14.1. The minimum absolute atomic E-state index is 0.130. The van der Waals surface area contributed by atoms with Gasteiger partial charge in [-0.15, -0.1) is 0 Å². The third-order valence-corrected chi connectivity index (χ3v) is 3.68. The Bertz CT molecular complexity index is 627. The smallest absolute Gasteiger partial charge is 0.287 e. The first kappa shape index (κ1) is 13.0. The lowest BCUT2D eigenvalue weighted by molar-refractivity contribution is 0.0897. The van der Waals surface area contributed by atoms with E-state index in [-0.39, 0.29) is 11.9 Å². The highest BCUT2D eigenvalue weighted by Crippen LogP contribution is 2.16. The van der Waals surface area contributed by atoms with E-state index in [1.807, 2.05) is 26.1 Å². The number of carbonyl (C=O) groups excluding carboxylic acids is 1. The normalized spacial score (nSPS) is 17.8. The molecule has 0 fully saturated rings. The number of carbonyl (C=O) groups is 1. The maximum Gasteiger partial charge on any atom is 0.287 e. The summed E-state index contributed by atoms with van der Waals surface area (Å²) in [6.45, 7) is 4.78. The van der Waals surface area contributed by atoms with Gasteiger partial charge < -0.3 is 14.3 Å². The van der Waals surface area contributed by atoms with Crippen LogP contribution in [-0.4, -0.2) is 21.5 Å². The van der Waals surface area contributed by atoms with Crippen LogP contribution in [0.2, 0.25) is 0 Å². The summed E-state index contributed by atoms with van der Waals surface area (Å²) in [6.07, 6.45) is 4.66. The summed E-state index contributed by atoms with van der Waals surface area (Å²) < 4.78 is 7.61. The Morgan fingerprint density at radius 2 is 2.40 bits per heavy atom. The van der Waals surface area contributed by atoms with Crippen molar-refractivity contribution in [1.29, 1.82) is 0 Å². The summed E-state index contributed by atoms with van der Waals surface area (Å²) in [5.74, 6) is 2.22. The second-order valence-corrected chi connectivity index (χ2v) is 5.28. The molecule has 3 heterocycles. The Balaban J connectivity index is 1.65. The van der Waals surface area contributed by atoms with Crippen molar-refractivity contribution in [2.75, 3.05) is 0 Å². The quantitative estimate of drug-likeness (QED) is 0.931. The van der Waals surface area contributed by atoms with Gasteiger partial charge in [0.2, 0.25) is 0 Å². The molecule has 0 aliphatic carbocycles. The summed E-state index contributed by atoms with van der Waals surface area (Å²) in [5.41, 5.74) is 1.03. The fraction of sp³-hybridized carbons (Fsp3) is 0.467. The van der Waals surface area contributed by atoms with Crippen LogP contribution in [0.5, 0.6) is 0 Å². The number of amides is 1. The first-order valence-electron chi connectivity index (χ1n) is 7.08. The number of hydrogen-bond acceptors (Lipinski definition) is 3. The Morgan fingerprint density at radius 1 is 1.55 bits per heavy atom. The molecular weight excluding hydrogens is 254 g/mol. The van der Waals surface area contributed by atoms with Crippen molar-refractivity contribution in [3.8, 4) is 0 Å². The molecule has 3 rings (SSSR count). The lowest BCUT2D eigenvalue weighted by Gasteiger charge is -2.24. The molecule has 2 aromatic rings. The molecule has 0 unspecified atom stereocenters. The van der Waals surface area contributed by atoms with Crippen molar-refractivity contribution < 1.29 is 9.21 Å². The average Bonchev–Trinajstić information content (AvgIpc) is 3.03. The van der Waals surface area contributed by atoms with Crippen LogP contribution >= 0.6 is 0 Å². The number of aryl methyl sites for hydroxylation is 3. The number of furan rings is 1. The van der Waals surface area contributed by atoms with Crippen molar-refractivity contribution in [2.24, 2.45) is 0 Å². The number of imidazole rings is 1. The minimum atomic E-state index is -0.130. The van der Waals surface area contributed by atoms with Crippen LogP contribution in [0.4, 0.5) is 0 Å². The second kappa shape index (κ2) is 5.15. The van der Waals surface area contributed by atoms with Gasteiger partial charge in [-0.05, 0) is 25.5 Å². The van der Waals surface area contributed by atoms with Crippen molar-refractivity contribution in [3.63, 3.8) is 0 Å². The molecule has 1 amide bonds. The van der Waals surface area contributed by atoms with Crippen molar-refractivity contribution in [2.45, 2.75) is 45.7 Å². The van der Waals surface area contributed by atoms with Gasteiger partial charge in [0.15, 0.2) is 5.76 Å². The molecule has 1 atom stereocenters. The molecule has 1 aliphatic rings. The van der Waals surface area contributed by atoms with Crippen molar-refractivity contribution >= 4 is 5.91 Å². The first-order chi connectivity index (χ1) is 9.65. The molecule has 1 aliphatic heterocycles. The highest BCUT2D eigenvalue weighted by molar-refractivity contribution is 5.91. The van der Waals surface area contributed by atoms with Gasteiger partial charge in [0.1, 0.15) is 11.6 Å². The predicted molar refractivity (Wildman–Crippen MR) is 74.6 cm³/mol. The molecule has 20 heavy (non-hydrogen) atoms. The molecule has 0 saturated carbocycles. The van der Waals surface area contributed by atoms with E-state index >= 15 is 0 Å². The molecule has 0 aromatic carbocycles. The van der Waals surface area contributed by atoms with E-state index in [2.05, 4.69) is 14.9 Å². The third kappa shape index (κ3) is 2.48. The van der Waals surface area contributed by atoms with Gasteiger partial charge >= 0.3 is 0 Å². The van der Waals surface area contributed by atoms with E-state index in [1.54, 1.807) is 6.07 Å². The number of nitrogens with zero attached hydrogens (tertiary/aromatic N) is 2. The maximum atomic E-state index is 12.1. The number of nitrogens with one attached hydrogen (secondary N) is 1. The Morgan fingerprint density at radius 3 is 3.15 bits per heavy atom. The largest absolute Gasteiger partial charge is 0.456 e. The maximum absolute atomic E-state index is 12.1. The predicted octanol–water partition coefficient (Wildman–Crippen LogP) is 2.09. The zero-order valence-corrected chi connectivity index (χ0v) is 11.8. The Hall–Kier alpha value is -2.04. The van der Waals surface area contributed by atoms with E-state index < -0.39 is 0 Å². The van der Waals surface area contributed by atoms with Gasteiger partial charge in [-0.2, -0.15) is 0 Å². The lowest BCUT2D eigenvalue weighted by Crippen LogP contribution is -2.40. The van der Waals surface area contributed by atoms with Gasteiger partial charge in [-0.1, -0.05) is 6.92 Å². The van der Waals surface area contributed by atoms with Gasteiger partial charge in [0.05, 0.1) is 5.69 Å². The third-order valence-electron chi connectivity index (χ3n) is 3.68. The number of aromatic nitrogens is 2. The zero-order valence-electron chi connectivity index (χ0n) is 11.8. The fourth-order valence-electron chi connectivity index (χ4n) is 2.65. The number of rotatable bonds is 3. The lowest BCUT2D eigenvalue weighted by atomic mass is 10.1. The second-order valence-electron chi connectivity index (χ2n) is 5.28. The van der Waals surface area contributed by atoms with Crippen molar-refractivity contribution in [1.82, 2.24) is 14.9 Å². The molecular formula is C15H19N3O2. The van der Waals surface area contributed by atoms with Crippen LogP contribution in [-0.2, 0) is 19.4 Å². The van der Waals surface area contributed by atoms with Gasteiger partial charge in [-0.3, -0.25) is 4.79 Å². The topological polar surface area (TPSA) is 60.1 Å². The van der Waals surface area contributed by atoms with Crippen molar-refractivity contribution in [3.05, 3.63) is 41.4 Å². The summed E-state index contributed by atoms with van der Waals surface area (Å²) >= 11 is 0. The average molecular weight is 273 g/mol. The monoisotopic (exact) mass is 273 g/mol. The number of fused-ring (bicyclic) bond motifs is 1. The van der Waals surface area contributed by atoms with E-state index in [1.165, 1.54) is 0 Å². The molecule has 106 valence electrons. The molecule has 5 nitrogen and oxygen atoms in total. The molecule has 0 bridgehead atoms. The Kier molecular flexibility index (Phi) is 3.34. The minimum Gasteiger partial charge on any atom is -0.456 e. The fourth-order valence-corrected chi connectivity index (χ4v) is 2.65. The molecule has 5 heteroatoms. The summed E-state index contributed by atoms with van der Waals surface area (Å²) in [7, 11) is 0. The van der Waals surface area contributed by atoms with Crippen LogP contribution in [0.15, 0.2) is 22.7 Å². The summed E-state index contributed by atoms with van der Waals surface area (Å²) in [4.78, 5) is 16.6. The highest BCUT2D eigenvalue weighted by atomic mass is 16.3. The van der Waals surface area contributed by atoms with E-state index in [0.717, 1.165) is 43.1 Å². The van der Waals surface area contributed by atoms with Crippen LogP contribution in [0.3, 0.4) is 0 Å². The molecule has 1 N–H and O–H groups in total. The van der Waals surface area contributed by atoms with Gasteiger partial charge in [0, 0.05) is 31.6 Å². The standard InChI is InChI=1S/C15H19N3O2/c1-3-12-5-6-13(20-12)15(19)17-11-4-7-14-16-10(2)8-18(14)9-11/h5-6,8,11H,3-4,7,9H2,1-2H3,(H,17,19)/t11-/m0/s1. The van der Waals surface area contributed by atoms with Crippen LogP contribution < -0.4 is 5.32 Å². The van der Waals surface area contributed by atoms with Gasteiger partial charge in [0.25, 0.3) is 5.91 Å². The Labute approximate surface area is 118 Å². The number of hydrogen-bond donors (Lipinski definition) is 1. The van der Waals surface area contributed by atoms with Crippen LogP contribution in [0, 0.1) is 6.92 Å². The molecule has 0 spiro atoms. The van der Waals surface area contributed by atoms with Crippen LogP contribution in [0.1, 0.15) is 41.2 Å². The molecule has 2 aromatic heterocycles. The summed E-state index contributed by atoms with van der Waals surface area (Å²) in [6, 6.07) is 3.73. The SMILES string of the molecule is CCc1ccc(C(=O)N[C@H]2CCc3nc(C)cn3C2)o1. The highest BCUT2D eigenvalue weighted by Gasteiger charge is 2.22. The summed E-state index contributed by atoms with van der Waals surface area (Å²) in [5, 5.41) is 3.04. The van der Waals surface area contributed by atoms with Crippen LogP contribution in [0.25, 0.3) is 0 Å². The molecule has 0 saturated heterocycles. The molecule has 0 radical (unpaired) electrons. The van der Waals surface area contributed by atoms with Gasteiger partial charge in [-0.25, -0.2) is 4.98 Å². The van der Waals surface area contributed by atoms with E-state index in [4.69, 9.17) is 4.42 Å². The van der Waals surface area contributed by atoms with E-state index in [9.17, 15) is 4.79 Å².